The van der Waals surface area contributed by atoms with Gasteiger partial charge < -0.3 is 20.3 Å². The normalized spacial score (nSPS) is 32.3. The summed E-state index contributed by atoms with van der Waals surface area (Å²) in [6.45, 7) is 5.11. The molecular weight excluding hydrogens is 455 g/mol. The van der Waals surface area contributed by atoms with Crippen molar-refractivity contribution in [2.24, 2.45) is 0 Å². The number of nitrogens with two attached hydrogens (primary N) is 1. The number of nitrogens with one attached hydrogen (secondary N) is 1. The van der Waals surface area contributed by atoms with E-state index in [2.05, 4.69) is 17.0 Å². The number of anilines is 1. The van der Waals surface area contributed by atoms with Gasteiger partial charge in [-0.1, -0.05) is 32.6 Å². The Labute approximate surface area is 192 Å². The first-order chi connectivity index (χ1) is 15.6. The van der Waals surface area contributed by atoms with Crippen LogP contribution in [-0.4, -0.2) is 57.7 Å². The second-order valence-corrected chi connectivity index (χ2v) is 10.3. The first-order valence-electron chi connectivity index (χ1n) is 11.2. The van der Waals surface area contributed by atoms with Gasteiger partial charge in [0.1, 0.15) is 29.7 Å². The summed E-state index contributed by atoms with van der Waals surface area (Å²) >= 11 is 0. The van der Waals surface area contributed by atoms with Crippen LogP contribution in [-0.2, 0) is 27.9 Å². The molecule has 2 aliphatic heterocycles. The molecule has 0 saturated carbocycles. The Morgan fingerprint density at radius 1 is 1.45 bits per heavy atom. The van der Waals surface area contributed by atoms with Crippen molar-refractivity contribution in [2.75, 3.05) is 18.9 Å². The summed E-state index contributed by atoms with van der Waals surface area (Å²) < 4.78 is 36.2. The number of nitrogens with zero attached hydrogens (tertiary/aromatic N) is 2. The molecule has 0 spiro atoms. The van der Waals surface area contributed by atoms with E-state index in [1.165, 1.54) is 26.1 Å². The van der Waals surface area contributed by atoms with Gasteiger partial charge in [-0.05, 0) is 26.3 Å². The number of fused-ring (bicyclic) bond motifs is 1. The number of nitrogen functional groups attached to an aromatic ring is 1. The third-order valence-corrected chi connectivity index (χ3v) is 7.38. The summed E-state index contributed by atoms with van der Waals surface area (Å²) in [5.74, 6) is -0.553. The Bertz CT molecular complexity index is 939. The number of carbonyl (C=O) groups excluding carboxylic acids is 1. The predicted octanol–water partition coefficient (Wildman–Crippen LogP) is 1.49. The first-order valence-corrected chi connectivity index (χ1v) is 12.7. The van der Waals surface area contributed by atoms with Crippen LogP contribution in [0.1, 0.15) is 59.1 Å². The van der Waals surface area contributed by atoms with E-state index in [0.717, 1.165) is 36.7 Å². The van der Waals surface area contributed by atoms with Crippen LogP contribution in [0, 0.1) is 0 Å². The molecule has 4 N–H and O–H groups in total. The summed E-state index contributed by atoms with van der Waals surface area (Å²) in [6, 6.07) is 0.430. The highest BCUT2D eigenvalue weighted by atomic mass is 31.2. The van der Waals surface area contributed by atoms with E-state index in [4.69, 9.17) is 24.3 Å². The van der Waals surface area contributed by atoms with E-state index in [1.807, 2.05) is 0 Å². The lowest BCUT2D eigenvalue weighted by atomic mass is 9.96. The number of hydrogen-bond acceptors (Lipinski definition) is 10. The highest BCUT2D eigenvalue weighted by Crippen LogP contribution is 2.55. The van der Waals surface area contributed by atoms with E-state index in [1.54, 1.807) is 0 Å². The molecule has 0 aromatic carbocycles. The molecule has 1 aromatic heterocycles. The van der Waals surface area contributed by atoms with Crippen molar-refractivity contribution in [2.45, 2.75) is 83.0 Å². The highest BCUT2D eigenvalue weighted by Gasteiger charge is 2.60. The minimum absolute atomic E-state index is 0.0291. The lowest BCUT2D eigenvalue weighted by Gasteiger charge is -2.36. The maximum Gasteiger partial charge on any atom is 0.406 e. The van der Waals surface area contributed by atoms with Gasteiger partial charge in [0, 0.05) is 6.20 Å². The second kappa shape index (κ2) is 10.6. The van der Waals surface area contributed by atoms with E-state index in [-0.39, 0.29) is 19.0 Å². The van der Waals surface area contributed by atoms with Crippen LogP contribution in [0.5, 0.6) is 0 Å². The molecule has 2 saturated heterocycles. The number of unbranched alkanes of at least 4 members (excludes halogenated alkanes) is 4. The molecule has 2 fully saturated rings. The van der Waals surface area contributed by atoms with Crippen LogP contribution in [0.3, 0.4) is 0 Å². The third-order valence-electron chi connectivity index (χ3n) is 5.68. The molecule has 0 bridgehead atoms. The Balaban J connectivity index is 1.60. The number of carbonyl (C=O) groups is 1. The van der Waals surface area contributed by atoms with E-state index in [9.17, 15) is 19.3 Å². The van der Waals surface area contributed by atoms with E-state index in [0.29, 0.717) is 0 Å². The average molecular weight is 488 g/mol. The van der Waals surface area contributed by atoms with Crippen LogP contribution in [0.4, 0.5) is 5.82 Å². The predicted molar refractivity (Wildman–Crippen MR) is 118 cm³/mol. The Hall–Kier alpha value is -1.82. The molecule has 1 unspecified atom stereocenters. The molecule has 13 heteroatoms. The second-order valence-electron chi connectivity index (χ2n) is 8.55. The molecule has 33 heavy (non-hydrogen) atoms. The minimum Gasteiger partial charge on any atom is -0.465 e. The molecule has 3 rings (SSSR count). The number of hydrogen-bond donors (Lipinski definition) is 3. The van der Waals surface area contributed by atoms with Crippen LogP contribution >= 0.6 is 7.75 Å². The van der Waals surface area contributed by atoms with Crippen molar-refractivity contribution in [3.63, 3.8) is 0 Å². The Morgan fingerprint density at radius 3 is 2.88 bits per heavy atom. The maximum absolute atomic E-state index is 13.2. The monoisotopic (exact) mass is 488 g/mol. The van der Waals surface area contributed by atoms with Gasteiger partial charge in [0.15, 0.2) is 6.23 Å². The van der Waals surface area contributed by atoms with Crippen molar-refractivity contribution in [1.29, 1.82) is 0 Å². The summed E-state index contributed by atoms with van der Waals surface area (Å²) in [6.07, 6.45) is 3.37. The molecule has 0 amide bonds. The van der Waals surface area contributed by atoms with Gasteiger partial charge in [0.2, 0.25) is 0 Å². The smallest absolute Gasteiger partial charge is 0.406 e. The molecular formula is C20H33N4O8P. The van der Waals surface area contributed by atoms with Crippen molar-refractivity contribution in [3.8, 4) is 0 Å². The molecule has 0 aliphatic carbocycles. The fourth-order valence-corrected chi connectivity index (χ4v) is 5.62. The topological polar surface area (TPSA) is 164 Å². The van der Waals surface area contributed by atoms with Crippen molar-refractivity contribution < 1.29 is 33.0 Å². The molecule has 3 heterocycles. The third kappa shape index (κ3) is 6.00. The Kier molecular flexibility index (Phi) is 8.31. The zero-order valence-electron chi connectivity index (χ0n) is 19.1. The lowest BCUT2D eigenvalue weighted by molar-refractivity contribution is -0.145. The SMILES string of the molecule is CCCCCCCOC(=O)[C@H](C)NP1(=O)OC[C@H]2O[C@@H](n3ccc(N)nc3=O)[C@](C)(O)[C@@H]2O1. The highest BCUT2D eigenvalue weighted by molar-refractivity contribution is 7.51. The average Bonchev–Trinajstić information content (AvgIpc) is 3.00. The maximum atomic E-state index is 13.2. The van der Waals surface area contributed by atoms with Gasteiger partial charge in [-0.2, -0.15) is 4.98 Å². The molecule has 1 aromatic rings. The summed E-state index contributed by atoms with van der Waals surface area (Å²) in [7, 11) is -3.98. The number of ether oxygens (including phenoxy) is 2. The number of rotatable bonds is 10. The summed E-state index contributed by atoms with van der Waals surface area (Å²) in [5.41, 5.74) is 3.05. The van der Waals surface area contributed by atoms with Crippen molar-refractivity contribution in [1.82, 2.24) is 14.6 Å². The quantitative estimate of drug-likeness (QED) is 0.248. The van der Waals surface area contributed by atoms with Crippen molar-refractivity contribution in [3.05, 3.63) is 22.7 Å². The molecule has 0 radical (unpaired) electrons. The molecule has 12 nitrogen and oxygen atoms in total. The van der Waals surface area contributed by atoms with Crippen LogP contribution in [0.15, 0.2) is 17.1 Å². The molecule has 6 atom stereocenters. The number of aliphatic hydroxyl groups is 1. The van der Waals surface area contributed by atoms with Crippen LogP contribution in [0.25, 0.3) is 0 Å². The van der Waals surface area contributed by atoms with Crippen molar-refractivity contribution >= 4 is 19.5 Å². The van der Waals surface area contributed by atoms with Gasteiger partial charge >= 0.3 is 19.4 Å². The van der Waals surface area contributed by atoms with Gasteiger partial charge in [0.25, 0.3) is 0 Å². The summed E-state index contributed by atoms with van der Waals surface area (Å²) in [4.78, 5) is 28.1. The van der Waals surface area contributed by atoms with E-state index < -0.39 is 49.5 Å². The first kappa shape index (κ1) is 25.8. The fourth-order valence-electron chi connectivity index (χ4n) is 3.86. The Morgan fingerprint density at radius 2 is 2.18 bits per heavy atom. The van der Waals surface area contributed by atoms with E-state index >= 15 is 0 Å². The van der Waals surface area contributed by atoms with Gasteiger partial charge in [-0.15, -0.1) is 0 Å². The van der Waals surface area contributed by atoms with Crippen LogP contribution in [0.2, 0.25) is 0 Å². The zero-order chi connectivity index (χ0) is 24.2. The van der Waals surface area contributed by atoms with Gasteiger partial charge in [-0.3, -0.25) is 18.4 Å². The van der Waals surface area contributed by atoms with Gasteiger partial charge in [-0.25, -0.2) is 14.4 Å². The zero-order valence-corrected chi connectivity index (χ0v) is 20.0. The van der Waals surface area contributed by atoms with Crippen LogP contribution < -0.4 is 16.5 Å². The minimum atomic E-state index is -3.98. The largest absolute Gasteiger partial charge is 0.465 e. The molecule has 2 aliphatic rings. The lowest BCUT2D eigenvalue weighted by Crippen LogP contribution is -2.50. The molecule has 186 valence electrons. The van der Waals surface area contributed by atoms with Gasteiger partial charge in [0.05, 0.1) is 13.2 Å². The standard InChI is InChI=1S/C20H33N4O8P/c1-4-5-6-7-8-11-29-17(25)13(2)23-33(28)30-12-14-16(32-33)20(3,27)18(31-14)24-10-9-15(21)22-19(24)26/h9-10,13-14,16,18,27H,4-8,11-12H2,1-3H3,(H,23,28)(H2,21,22,26)/t13-,14+,16+,18+,20+,33?/m0/s1. The summed E-state index contributed by atoms with van der Waals surface area (Å²) in [5, 5.41) is 13.7. The number of aromatic nitrogens is 2. The number of esters is 1. The fraction of sp³-hybridized carbons (Fsp3) is 0.750.